The number of sulfonamides is 1. The first-order valence-corrected chi connectivity index (χ1v) is 24.3. The smallest absolute Gasteiger partial charge is 0.411 e. The summed E-state index contributed by atoms with van der Waals surface area (Å²) in [4.78, 5) is 63.2. The van der Waals surface area contributed by atoms with Crippen LogP contribution in [0.2, 0.25) is 0 Å². The lowest BCUT2D eigenvalue weighted by molar-refractivity contribution is -0.222. The fraction of sp³-hybridized carbons (Fsp3) is 0.562. The predicted molar refractivity (Wildman–Crippen MR) is 243 cm³/mol. The molecule has 3 fully saturated rings. The van der Waals surface area contributed by atoms with Gasteiger partial charge in [-0.25, -0.2) is 22.6 Å². The lowest BCUT2D eigenvalue weighted by atomic mass is 9.85. The van der Waals surface area contributed by atoms with Gasteiger partial charge in [-0.15, -0.1) is 0 Å². The van der Waals surface area contributed by atoms with Gasteiger partial charge in [-0.2, -0.15) is 13.2 Å². The first kappa shape index (κ1) is 50.2. The molecule has 0 spiro atoms. The van der Waals surface area contributed by atoms with Crippen molar-refractivity contribution in [1.29, 1.82) is 0 Å². The summed E-state index contributed by atoms with van der Waals surface area (Å²) in [6, 6.07) is 7.46. The minimum atomic E-state index is -5.14. The van der Waals surface area contributed by atoms with Crippen molar-refractivity contribution in [2.24, 2.45) is 17.8 Å². The second-order valence-corrected chi connectivity index (χ2v) is 22.0. The molecule has 0 bridgehead atoms. The number of carboxylic acid groups (broad SMARTS) is 1. The summed E-state index contributed by atoms with van der Waals surface area (Å²) in [5.74, 6) is -5.11. The maximum Gasteiger partial charge on any atom is 0.411 e. The number of carbonyl (C=O) groups is 4. The number of allylic oxidation sites excluding steroid dienone is 1. The highest BCUT2D eigenvalue weighted by molar-refractivity contribution is 7.91. The third-order valence-electron chi connectivity index (χ3n) is 13.9. The molecule has 2 aliphatic carbocycles. The van der Waals surface area contributed by atoms with Crippen molar-refractivity contribution < 1.29 is 64.5 Å². The van der Waals surface area contributed by atoms with E-state index in [2.05, 4.69) is 10.0 Å². The van der Waals surface area contributed by atoms with Crippen LogP contribution in [0.1, 0.15) is 93.4 Å². The van der Waals surface area contributed by atoms with Crippen molar-refractivity contribution in [3.63, 3.8) is 0 Å². The van der Waals surface area contributed by atoms with Crippen LogP contribution in [0, 0.1) is 23.6 Å². The van der Waals surface area contributed by atoms with Gasteiger partial charge in [0, 0.05) is 23.3 Å². The van der Waals surface area contributed by atoms with E-state index in [0.717, 1.165) is 4.90 Å². The minimum absolute atomic E-state index is 0.00696. The first-order chi connectivity index (χ1) is 31.7. The van der Waals surface area contributed by atoms with Gasteiger partial charge in [0.1, 0.15) is 35.0 Å². The van der Waals surface area contributed by atoms with Gasteiger partial charge in [-0.05, 0) is 133 Å². The fourth-order valence-electron chi connectivity index (χ4n) is 9.32. The molecule has 0 radical (unpaired) electrons. The number of hydrogen-bond donors (Lipinski definition) is 3. The molecule has 1 aromatic heterocycles. The van der Waals surface area contributed by atoms with Crippen LogP contribution in [0.15, 0.2) is 54.6 Å². The van der Waals surface area contributed by atoms with E-state index in [1.165, 1.54) is 33.1 Å². The van der Waals surface area contributed by atoms with Crippen LogP contribution in [-0.4, -0.2) is 112 Å². The van der Waals surface area contributed by atoms with Gasteiger partial charge >= 0.3 is 12.3 Å². The van der Waals surface area contributed by atoms with E-state index in [4.69, 9.17) is 19.2 Å². The van der Waals surface area contributed by atoms with Crippen molar-refractivity contribution in [3.8, 4) is 28.6 Å². The molecule has 2 saturated carbocycles. The Balaban J connectivity index is 1.32. The summed E-state index contributed by atoms with van der Waals surface area (Å²) in [6.07, 6.45) is -3.71. The normalized spacial score (nSPS) is 26.9. The number of amides is 4. The molecule has 7 rings (SSSR count). The Bertz CT molecular complexity index is 2620. The predicted octanol–water partition coefficient (Wildman–Crippen LogP) is 7.76. The molecule has 3 N–H and O–H groups in total. The number of aromatic nitrogens is 1. The molecule has 4 amide bonds. The summed E-state index contributed by atoms with van der Waals surface area (Å²) >= 11 is 0. The number of methoxy groups -OCH3 is 1. The average Bonchev–Trinajstić information content (AvgIpc) is 4.13. The number of pyridine rings is 1. The zero-order chi connectivity index (χ0) is 49.9. The Morgan fingerprint density at radius 1 is 1.06 bits per heavy atom. The van der Waals surface area contributed by atoms with Crippen LogP contribution < -0.4 is 24.2 Å². The zero-order valence-corrected chi connectivity index (χ0v) is 40.1. The molecule has 2 aromatic carbocycles. The van der Waals surface area contributed by atoms with Crippen molar-refractivity contribution >= 4 is 44.6 Å². The summed E-state index contributed by atoms with van der Waals surface area (Å²) in [6.45, 7) is 9.24. The Labute approximate surface area is 393 Å². The van der Waals surface area contributed by atoms with E-state index in [1.807, 2.05) is 6.92 Å². The summed E-state index contributed by atoms with van der Waals surface area (Å²) < 4.78 is 105. The molecular formula is C48H59F4N5O10S. The standard InChI is InChI=1S/C48H59F4N5O10S/c1-26(2)66-38-16-13-29(21-35(38)49)36-22-30-20-32(65-8)14-15-34(30)41(53-36)67-33-23-37-40(58)54-47(43(60)55-68(63,64)46(7)17-18-46)24-31(47)12-10-9-11-27(3)19-28(4)39(42(59)56(37)25-33)57(44(61)62)45(5,6)48(50,51)52/h10,12-16,20-22,26-28,31,33,37,39H,9,11,17-19,23-25H2,1-8H3,(H,54,58)(H,55,60)(H,61,62)/b12-10-/t27-,28-,31-,33-,37+,39+,47-/m1/s1. The van der Waals surface area contributed by atoms with Gasteiger partial charge in [-0.1, -0.05) is 26.0 Å². The van der Waals surface area contributed by atoms with E-state index >= 15 is 9.18 Å². The number of carbonyl (C=O) groups excluding carboxylic acids is 3. The maximum absolute atomic E-state index is 15.4. The van der Waals surface area contributed by atoms with E-state index < -0.39 is 98.2 Å². The second-order valence-electron chi connectivity index (χ2n) is 19.8. The van der Waals surface area contributed by atoms with E-state index in [0.29, 0.717) is 61.6 Å². The summed E-state index contributed by atoms with van der Waals surface area (Å²) in [5.41, 5.74) is -4.28. The lowest BCUT2D eigenvalue weighted by Crippen LogP contribution is -2.66. The minimum Gasteiger partial charge on any atom is -0.497 e. The van der Waals surface area contributed by atoms with Crippen LogP contribution in [0.4, 0.5) is 22.4 Å². The van der Waals surface area contributed by atoms with Crippen LogP contribution in [0.3, 0.4) is 0 Å². The maximum atomic E-state index is 15.4. The van der Waals surface area contributed by atoms with Crippen molar-refractivity contribution in [2.45, 2.75) is 140 Å². The van der Waals surface area contributed by atoms with Gasteiger partial charge in [0.2, 0.25) is 27.7 Å². The SMILES string of the molecule is COc1ccc2c(O[C@@H]3C[C@H]4C(=O)N[C@]5(C(=O)NS(=O)(=O)C6(C)CC6)C[C@H]5/C=C\CC[C@@H](C)C[C@@H](C)[C@H](N(C(=O)O)C(C)(C)C(F)(F)F)C(=O)N4C3)nc(-c3ccc(OC(C)C)c(F)c3)cc2c1. The third kappa shape index (κ3) is 9.79. The number of halogens is 4. The number of benzene rings is 2. The van der Waals surface area contributed by atoms with Gasteiger partial charge in [0.15, 0.2) is 11.6 Å². The number of ether oxygens (including phenoxy) is 3. The molecule has 1 saturated heterocycles. The topological polar surface area (TPSA) is 194 Å². The number of nitrogens with one attached hydrogen (secondary N) is 2. The molecule has 20 heteroatoms. The summed E-state index contributed by atoms with van der Waals surface area (Å²) in [5, 5.41) is 14.3. The monoisotopic (exact) mass is 973 g/mol. The molecule has 4 aliphatic rings. The Kier molecular flexibility index (Phi) is 13.5. The number of rotatable bonds is 11. The molecule has 3 heterocycles. The van der Waals surface area contributed by atoms with Crippen molar-refractivity contribution in [2.75, 3.05) is 13.7 Å². The van der Waals surface area contributed by atoms with Crippen LogP contribution in [0.25, 0.3) is 22.0 Å². The highest BCUT2D eigenvalue weighted by Gasteiger charge is 2.64. The van der Waals surface area contributed by atoms with E-state index in [1.54, 1.807) is 56.3 Å². The zero-order valence-electron chi connectivity index (χ0n) is 39.3. The van der Waals surface area contributed by atoms with Crippen molar-refractivity contribution in [1.82, 2.24) is 24.8 Å². The quantitative estimate of drug-likeness (QED) is 0.126. The van der Waals surface area contributed by atoms with Crippen LogP contribution >= 0.6 is 0 Å². The Hall–Kier alpha value is -5.66. The molecule has 0 unspecified atom stereocenters. The molecule has 7 atom stereocenters. The number of fused-ring (bicyclic) bond motifs is 3. The number of alkyl halides is 3. The van der Waals surface area contributed by atoms with Gasteiger partial charge in [0.05, 0.1) is 30.2 Å². The molecule has 2 aliphatic heterocycles. The summed E-state index contributed by atoms with van der Waals surface area (Å²) in [7, 11) is -2.70. The Morgan fingerprint density at radius 3 is 2.38 bits per heavy atom. The first-order valence-electron chi connectivity index (χ1n) is 22.8. The molecule has 68 heavy (non-hydrogen) atoms. The van der Waals surface area contributed by atoms with E-state index in [9.17, 15) is 41.1 Å². The molecular weight excluding hydrogens is 915 g/mol. The average molecular weight is 974 g/mol. The third-order valence-corrected chi connectivity index (χ3v) is 16.0. The van der Waals surface area contributed by atoms with Crippen LogP contribution in [-0.2, 0) is 24.4 Å². The molecule has 370 valence electrons. The largest absolute Gasteiger partial charge is 0.497 e. The van der Waals surface area contributed by atoms with Crippen LogP contribution in [0.5, 0.6) is 17.4 Å². The highest BCUT2D eigenvalue weighted by Crippen LogP contribution is 2.48. The van der Waals surface area contributed by atoms with Gasteiger partial charge < -0.3 is 29.5 Å². The highest BCUT2D eigenvalue weighted by atomic mass is 32.2. The molecule has 15 nitrogen and oxygen atoms in total. The fourth-order valence-corrected chi connectivity index (χ4v) is 10.6. The lowest BCUT2D eigenvalue weighted by Gasteiger charge is -2.45. The number of hydrogen-bond acceptors (Lipinski definition) is 10. The second kappa shape index (κ2) is 18.3. The van der Waals surface area contributed by atoms with E-state index in [-0.39, 0.29) is 53.5 Å². The Morgan fingerprint density at radius 2 is 1.76 bits per heavy atom. The van der Waals surface area contributed by atoms with Crippen molar-refractivity contribution in [3.05, 3.63) is 60.4 Å². The van der Waals surface area contributed by atoms with Gasteiger partial charge in [0.25, 0.3) is 5.91 Å². The van der Waals surface area contributed by atoms with Gasteiger partial charge in [-0.3, -0.25) is 24.0 Å². The molecule has 3 aromatic rings. The number of nitrogens with zero attached hydrogens (tertiary/aromatic N) is 3.